The van der Waals surface area contributed by atoms with Gasteiger partial charge in [-0.25, -0.2) is 0 Å². The lowest BCUT2D eigenvalue weighted by Crippen LogP contribution is -2.31. The highest BCUT2D eigenvalue weighted by Gasteiger charge is 2.07. The van der Waals surface area contributed by atoms with E-state index in [1.54, 1.807) is 11.8 Å². The molecule has 1 aromatic carbocycles. The maximum absolute atomic E-state index is 11.5. The highest BCUT2D eigenvalue weighted by Crippen LogP contribution is 2.08. The SMILES string of the molecule is CC(C)CCSCC(=O)NCC(=O)OCc1ccccc1. The molecule has 0 aromatic heterocycles. The lowest BCUT2D eigenvalue weighted by Gasteiger charge is -2.07. The minimum absolute atomic E-state index is 0.0730. The zero-order valence-electron chi connectivity index (χ0n) is 12.6. The van der Waals surface area contributed by atoms with E-state index in [0.29, 0.717) is 11.7 Å². The molecule has 0 radical (unpaired) electrons. The molecule has 0 unspecified atom stereocenters. The van der Waals surface area contributed by atoms with Gasteiger partial charge in [-0.05, 0) is 23.7 Å². The van der Waals surface area contributed by atoms with Gasteiger partial charge in [-0.15, -0.1) is 0 Å². The van der Waals surface area contributed by atoms with Crippen LogP contribution in [0.4, 0.5) is 0 Å². The number of carbonyl (C=O) groups excluding carboxylic acids is 2. The van der Waals surface area contributed by atoms with Gasteiger partial charge in [0.05, 0.1) is 5.75 Å². The lowest BCUT2D eigenvalue weighted by atomic mass is 10.2. The summed E-state index contributed by atoms with van der Waals surface area (Å²) in [6.45, 7) is 4.47. The van der Waals surface area contributed by atoms with Crippen LogP contribution in [0.25, 0.3) is 0 Å². The summed E-state index contributed by atoms with van der Waals surface area (Å²) in [5.41, 5.74) is 0.932. The molecule has 1 amide bonds. The molecule has 0 atom stereocenters. The van der Waals surface area contributed by atoms with Crippen LogP contribution in [0.1, 0.15) is 25.8 Å². The van der Waals surface area contributed by atoms with E-state index < -0.39 is 5.97 Å². The van der Waals surface area contributed by atoms with Crippen molar-refractivity contribution in [3.05, 3.63) is 35.9 Å². The normalized spacial score (nSPS) is 10.4. The first-order valence-electron chi connectivity index (χ1n) is 7.12. The highest BCUT2D eigenvalue weighted by atomic mass is 32.2. The summed E-state index contributed by atoms with van der Waals surface area (Å²) < 4.78 is 5.08. The first-order valence-corrected chi connectivity index (χ1v) is 8.27. The average Bonchev–Trinajstić information content (AvgIpc) is 2.48. The summed E-state index contributed by atoms with van der Waals surface area (Å²) in [6, 6.07) is 9.45. The number of thioether (sulfide) groups is 1. The van der Waals surface area contributed by atoms with Gasteiger partial charge in [-0.3, -0.25) is 9.59 Å². The van der Waals surface area contributed by atoms with Crippen LogP contribution in [0.2, 0.25) is 0 Å². The van der Waals surface area contributed by atoms with Gasteiger partial charge in [-0.2, -0.15) is 11.8 Å². The summed E-state index contributed by atoms with van der Waals surface area (Å²) in [5, 5.41) is 2.57. The second-order valence-corrected chi connectivity index (χ2v) is 6.26. The number of hydrogen-bond donors (Lipinski definition) is 1. The van der Waals surface area contributed by atoms with E-state index in [-0.39, 0.29) is 19.1 Å². The summed E-state index contributed by atoms with van der Waals surface area (Å²) >= 11 is 1.59. The Morgan fingerprint density at radius 1 is 1.24 bits per heavy atom. The van der Waals surface area contributed by atoms with Crippen LogP contribution in [0, 0.1) is 5.92 Å². The van der Waals surface area contributed by atoms with Crippen LogP contribution in [-0.4, -0.2) is 29.9 Å². The Labute approximate surface area is 130 Å². The van der Waals surface area contributed by atoms with Gasteiger partial charge in [0.2, 0.25) is 5.91 Å². The van der Waals surface area contributed by atoms with Crippen molar-refractivity contribution < 1.29 is 14.3 Å². The van der Waals surface area contributed by atoms with E-state index in [2.05, 4.69) is 19.2 Å². The first-order chi connectivity index (χ1) is 10.1. The van der Waals surface area contributed by atoms with E-state index in [0.717, 1.165) is 17.7 Å². The maximum Gasteiger partial charge on any atom is 0.325 e. The van der Waals surface area contributed by atoms with Crippen molar-refractivity contribution in [2.24, 2.45) is 5.92 Å². The zero-order chi connectivity index (χ0) is 15.5. The van der Waals surface area contributed by atoms with Crippen molar-refractivity contribution in [2.75, 3.05) is 18.1 Å². The minimum Gasteiger partial charge on any atom is -0.460 e. The van der Waals surface area contributed by atoms with Crippen molar-refractivity contribution in [1.82, 2.24) is 5.32 Å². The van der Waals surface area contributed by atoms with Crippen molar-refractivity contribution in [2.45, 2.75) is 26.9 Å². The van der Waals surface area contributed by atoms with Gasteiger partial charge < -0.3 is 10.1 Å². The van der Waals surface area contributed by atoms with Crippen LogP contribution in [-0.2, 0) is 20.9 Å². The molecule has 4 nitrogen and oxygen atoms in total. The topological polar surface area (TPSA) is 55.4 Å². The number of esters is 1. The number of rotatable bonds is 9. The van der Waals surface area contributed by atoms with Crippen molar-refractivity contribution in [3.8, 4) is 0 Å². The minimum atomic E-state index is -0.417. The van der Waals surface area contributed by atoms with Crippen molar-refractivity contribution in [1.29, 1.82) is 0 Å². The predicted molar refractivity (Wildman–Crippen MR) is 86.0 cm³/mol. The standard InChI is InChI=1S/C16H23NO3S/c1-13(2)8-9-21-12-15(18)17-10-16(19)20-11-14-6-4-3-5-7-14/h3-7,13H,8-12H2,1-2H3,(H,17,18). The van der Waals surface area contributed by atoms with Gasteiger partial charge >= 0.3 is 5.97 Å². The number of amides is 1. The quantitative estimate of drug-likeness (QED) is 0.563. The number of benzene rings is 1. The Morgan fingerprint density at radius 2 is 1.95 bits per heavy atom. The number of hydrogen-bond acceptors (Lipinski definition) is 4. The Bertz CT molecular complexity index is 434. The zero-order valence-corrected chi connectivity index (χ0v) is 13.4. The third-order valence-corrected chi connectivity index (χ3v) is 3.74. The Morgan fingerprint density at radius 3 is 2.62 bits per heavy atom. The molecule has 0 aliphatic heterocycles. The Balaban J connectivity index is 2.08. The fourth-order valence-electron chi connectivity index (χ4n) is 1.49. The lowest BCUT2D eigenvalue weighted by molar-refractivity contribution is -0.145. The highest BCUT2D eigenvalue weighted by molar-refractivity contribution is 7.99. The first kappa shape index (κ1) is 17.6. The van der Waals surface area contributed by atoms with Crippen LogP contribution < -0.4 is 5.32 Å². The smallest absolute Gasteiger partial charge is 0.325 e. The van der Waals surface area contributed by atoms with Gasteiger partial charge in [0.1, 0.15) is 13.2 Å². The molecule has 5 heteroatoms. The van der Waals surface area contributed by atoms with Crippen LogP contribution in [0.3, 0.4) is 0 Å². The molecule has 0 spiro atoms. The molecule has 0 bridgehead atoms. The van der Waals surface area contributed by atoms with E-state index in [9.17, 15) is 9.59 Å². The monoisotopic (exact) mass is 309 g/mol. The molecule has 1 N–H and O–H groups in total. The van der Waals surface area contributed by atoms with Crippen LogP contribution >= 0.6 is 11.8 Å². The maximum atomic E-state index is 11.5. The molecule has 116 valence electrons. The predicted octanol–water partition coefficient (Wildman–Crippen LogP) is 2.63. The van der Waals surface area contributed by atoms with Gasteiger partial charge in [0.25, 0.3) is 0 Å². The molecular weight excluding hydrogens is 286 g/mol. The van der Waals surface area contributed by atoms with E-state index in [4.69, 9.17) is 4.74 Å². The molecule has 1 aromatic rings. The third-order valence-electron chi connectivity index (χ3n) is 2.75. The number of nitrogens with one attached hydrogen (secondary N) is 1. The summed E-state index contributed by atoms with van der Waals surface area (Å²) in [7, 11) is 0. The molecule has 0 heterocycles. The largest absolute Gasteiger partial charge is 0.460 e. The number of carbonyl (C=O) groups is 2. The summed E-state index contributed by atoms with van der Waals surface area (Å²) in [4.78, 5) is 23.0. The van der Waals surface area contributed by atoms with Gasteiger partial charge in [-0.1, -0.05) is 44.2 Å². The molecular formula is C16H23NO3S. The molecule has 1 rings (SSSR count). The summed E-state index contributed by atoms with van der Waals surface area (Å²) in [5.74, 6) is 1.45. The van der Waals surface area contributed by atoms with Gasteiger partial charge in [0.15, 0.2) is 0 Å². The molecule has 0 aliphatic carbocycles. The van der Waals surface area contributed by atoms with E-state index >= 15 is 0 Å². The van der Waals surface area contributed by atoms with Crippen LogP contribution in [0.5, 0.6) is 0 Å². The average molecular weight is 309 g/mol. The summed E-state index contributed by atoms with van der Waals surface area (Å²) in [6.07, 6.45) is 1.09. The molecule has 0 saturated heterocycles. The van der Waals surface area contributed by atoms with Crippen LogP contribution in [0.15, 0.2) is 30.3 Å². The van der Waals surface area contributed by atoms with E-state index in [1.165, 1.54) is 0 Å². The second kappa shape index (κ2) is 10.3. The Hall–Kier alpha value is -1.49. The fraction of sp³-hybridized carbons (Fsp3) is 0.500. The number of ether oxygens (including phenoxy) is 1. The Kier molecular flexibility index (Phi) is 8.59. The molecule has 0 fully saturated rings. The third kappa shape index (κ3) is 9.13. The van der Waals surface area contributed by atoms with E-state index in [1.807, 2.05) is 30.3 Å². The second-order valence-electron chi connectivity index (χ2n) is 5.16. The van der Waals surface area contributed by atoms with Gasteiger partial charge in [0, 0.05) is 0 Å². The van der Waals surface area contributed by atoms with Crippen molar-refractivity contribution in [3.63, 3.8) is 0 Å². The fourth-order valence-corrected chi connectivity index (χ4v) is 2.56. The molecule has 21 heavy (non-hydrogen) atoms. The van der Waals surface area contributed by atoms with Crippen molar-refractivity contribution >= 4 is 23.6 Å². The molecule has 0 saturated carbocycles. The molecule has 0 aliphatic rings.